The monoisotopic (exact) mass is 477 g/mol. The molecule has 0 amide bonds. The van der Waals surface area contributed by atoms with Gasteiger partial charge in [0.15, 0.2) is 5.13 Å². The number of para-hydroxylation sites is 1. The molecule has 6 nitrogen and oxygen atoms in total. The van der Waals surface area contributed by atoms with Crippen LogP contribution in [0.4, 0.5) is 5.13 Å². The number of carboxylic acid groups (broad SMARTS) is 1. The fourth-order valence-electron chi connectivity index (χ4n) is 5.03. The van der Waals surface area contributed by atoms with Crippen molar-refractivity contribution in [1.82, 2.24) is 10.3 Å². The number of aryl methyl sites for hydroxylation is 1. The summed E-state index contributed by atoms with van der Waals surface area (Å²) in [5.41, 5.74) is 8.42. The van der Waals surface area contributed by atoms with Gasteiger partial charge in [-0.15, -0.1) is 11.3 Å². The van der Waals surface area contributed by atoms with Gasteiger partial charge in [-0.1, -0.05) is 24.3 Å². The largest absolute Gasteiger partial charge is 0.488 e. The van der Waals surface area contributed by atoms with E-state index >= 15 is 0 Å². The van der Waals surface area contributed by atoms with Crippen molar-refractivity contribution in [3.63, 3.8) is 0 Å². The zero-order valence-electron chi connectivity index (χ0n) is 19.8. The van der Waals surface area contributed by atoms with E-state index in [2.05, 4.69) is 48.3 Å². The molecule has 1 fully saturated rings. The number of carbonyl (C=O) groups is 1. The molecular formula is C27H31N3O3S. The normalized spacial score (nSPS) is 17.9. The van der Waals surface area contributed by atoms with Gasteiger partial charge < -0.3 is 20.1 Å². The lowest BCUT2D eigenvalue weighted by Gasteiger charge is -2.17. The second-order valence-corrected chi connectivity index (χ2v) is 10.1. The third-order valence-corrected chi connectivity index (χ3v) is 7.99. The third-order valence-electron chi connectivity index (χ3n) is 7.09. The summed E-state index contributed by atoms with van der Waals surface area (Å²) in [6.07, 6.45) is 2.81. The fraction of sp³-hybridized carbons (Fsp3) is 0.407. The molecule has 0 saturated carbocycles. The van der Waals surface area contributed by atoms with E-state index in [0.717, 1.165) is 60.2 Å². The molecule has 1 atom stereocenters. The van der Waals surface area contributed by atoms with E-state index in [4.69, 9.17) is 9.72 Å². The van der Waals surface area contributed by atoms with Crippen molar-refractivity contribution in [3.05, 3.63) is 63.5 Å². The van der Waals surface area contributed by atoms with Crippen molar-refractivity contribution in [2.75, 3.05) is 31.1 Å². The maximum Gasteiger partial charge on any atom is 0.308 e. The van der Waals surface area contributed by atoms with E-state index in [1.807, 2.05) is 11.4 Å². The summed E-state index contributed by atoms with van der Waals surface area (Å²) in [6, 6.07) is 10.6. The Morgan fingerprint density at radius 1 is 1.24 bits per heavy atom. The van der Waals surface area contributed by atoms with Crippen LogP contribution in [0, 0.1) is 19.8 Å². The van der Waals surface area contributed by atoms with Gasteiger partial charge in [-0.2, -0.15) is 0 Å². The molecule has 178 valence electrons. The summed E-state index contributed by atoms with van der Waals surface area (Å²) in [4.78, 5) is 18.3. The van der Waals surface area contributed by atoms with Crippen molar-refractivity contribution in [3.8, 4) is 17.0 Å². The minimum atomic E-state index is -0.724. The van der Waals surface area contributed by atoms with Crippen LogP contribution in [0.5, 0.6) is 5.75 Å². The summed E-state index contributed by atoms with van der Waals surface area (Å²) >= 11 is 1.56. The molecule has 2 N–H and O–H groups in total. The Bertz CT molecular complexity index is 1210. The summed E-state index contributed by atoms with van der Waals surface area (Å²) in [5.74, 6) is -0.177. The molecule has 34 heavy (non-hydrogen) atoms. The van der Waals surface area contributed by atoms with Gasteiger partial charge in [0.05, 0.1) is 11.6 Å². The number of carboxylic acids is 1. The number of aliphatic carboxylic acids is 1. The molecule has 0 spiro atoms. The molecule has 0 aliphatic carbocycles. The number of fused-ring (bicyclic) bond motifs is 1. The number of rotatable bonds is 6. The molecule has 3 heterocycles. The standard InChI is InChI=1S/C27H31N3O3S/c1-17-4-3-5-23(24-16-34-27(29-24)30-13-10-20(14-30)26(31)32)25(17)33-15-21-7-6-19-8-11-28-12-9-22(19)18(21)2/h3-7,16,20,28H,8-15H2,1-2H3,(H,31,32)/t20-/m1/s1. The molecular weight excluding hydrogens is 446 g/mol. The lowest BCUT2D eigenvalue weighted by molar-refractivity contribution is -0.140. The first-order chi connectivity index (χ1) is 16.5. The zero-order valence-corrected chi connectivity index (χ0v) is 20.6. The van der Waals surface area contributed by atoms with Gasteiger partial charge in [0.1, 0.15) is 12.4 Å². The minimum Gasteiger partial charge on any atom is -0.488 e. The van der Waals surface area contributed by atoms with E-state index in [-0.39, 0.29) is 5.92 Å². The van der Waals surface area contributed by atoms with Gasteiger partial charge >= 0.3 is 5.97 Å². The second-order valence-electron chi connectivity index (χ2n) is 9.26. The number of ether oxygens (including phenoxy) is 1. The average molecular weight is 478 g/mol. The molecule has 0 bridgehead atoms. The van der Waals surface area contributed by atoms with Crippen LogP contribution in [0.3, 0.4) is 0 Å². The van der Waals surface area contributed by atoms with Gasteiger partial charge in [-0.05, 0) is 80.1 Å². The Kier molecular flexibility index (Phi) is 6.57. The van der Waals surface area contributed by atoms with E-state index in [9.17, 15) is 9.90 Å². The maximum atomic E-state index is 11.3. The van der Waals surface area contributed by atoms with Crippen LogP contribution in [0.25, 0.3) is 11.3 Å². The molecule has 1 saturated heterocycles. The summed E-state index contributed by atoms with van der Waals surface area (Å²) in [6.45, 7) is 8.12. The highest BCUT2D eigenvalue weighted by Gasteiger charge is 2.29. The first-order valence-corrected chi connectivity index (χ1v) is 12.9. The maximum absolute atomic E-state index is 11.3. The van der Waals surface area contributed by atoms with Crippen LogP contribution in [0.2, 0.25) is 0 Å². The molecule has 2 aliphatic rings. The van der Waals surface area contributed by atoms with Gasteiger partial charge in [-0.25, -0.2) is 4.98 Å². The molecule has 0 radical (unpaired) electrons. The van der Waals surface area contributed by atoms with Crippen molar-refractivity contribution in [2.24, 2.45) is 5.92 Å². The Hall–Kier alpha value is -2.90. The first kappa shape index (κ1) is 22.9. The number of nitrogens with one attached hydrogen (secondary N) is 1. The summed E-state index contributed by atoms with van der Waals surface area (Å²) < 4.78 is 6.45. The fourth-order valence-corrected chi connectivity index (χ4v) is 5.89. The quantitative estimate of drug-likeness (QED) is 0.540. The molecule has 7 heteroatoms. The van der Waals surface area contributed by atoms with Gasteiger partial charge in [0.2, 0.25) is 0 Å². The van der Waals surface area contributed by atoms with Crippen LogP contribution < -0.4 is 15.0 Å². The molecule has 5 rings (SSSR count). The molecule has 0 unspecified atom stereocenters. The van der Waals surface area contributed by atoms with Crippen LogP contribution in [0.15, 0.2) is 35.7 Å². The third kappa shape index (κ3) is 4.55. The minimum absolute atomic E-state index is 0.315. The number of thiazole rings is 1. The number of hydrogen-bond donors (Lipinski definition) is 2. The predicted molar refractivity (Wildman–Crippen MR) is 136 cm³/mol. The predicted octanol–water partition coefficient (Wildman–Crippen LogP) is 4.61. The van der Waals surface area contributed by atoms with Crippen LogP contribution in [-0.4, -0.2) is 42.2 Å². The van der Waals surface area contributed by atoms with Crippen LogP contribution in [0.1, 0.15) is 34.2 Å². The molecule has 2 aliphatic heterocycles. The summed E-state index contributed by atoms with van der Waals surface area (Å²) in [7, 11) is 0. The summed E-state index contributed by atoms with van der Waals surface area (Å²) in [5, 5.41) is 15.7. The second kappa shape index (κ2) is 9.76. The lowest BCUT2D eigenvalue weighted by Crippen LogP contribution is -2.22. The topological polar surface area (TPSA) is 74.7 Å². The number of benzene rings is 2. The zero-order chi connectivity index (χ0) is 23.7. The first-order valence-electron chi connectivity index (χ1n) is 12.0. The van der Waals surface area contributed by atoms with Gasteiger partial charge in [-0.3, -0.25) is 4.79 Å². The lowest BCUT2D eigenvalue weighted by atomic mass is 9.94. The van der Waals surface area contributed by atoms with Crippen molar-refractivity contribution in [1.29, 1.82) is 0 Å². The van der Waals surface area contributed by atoms with Crippen molar-refractivity contribution < 1.29 is 14.6 Å². The Morgan fingerprint density at radius 2 is 2.09 bits per heavy atom. The van der Waals surface area contributed by atoms with E-state index < -0.39 is 5.97 Å². The van der Waals surface area contributed by atoms with Crippen LogP contribution in [-0.2, 0) is 24.2 Å². The number of nitrogens with zero attached hydrogens (tertiary/aromatic N) is 2. The highest BCUT2D eigenvalue weighted by Crippen LogP contribution is 2.37. The van der Waals surface area contributed by atoms with E-state index in [1.54, 1.807) is 11.3 Å². The molecule has 2 aromatic carbocycles. The Labute approximate surface area is 204 Å². The van der Waals surface area contributed by atoms with Crippen LogP contribution >= 0.6 is 11.3 Å². The highest BCUT2D eigenvalue weighted by atomic mass is 32.1. The number of aromatic nitrogens is 1. The number of hydrogen-bond acceptors (Lipinski definition) is 6. The van der Waals surface area contributed by atoms with E-state index in [1.165, 1.54) is 22.3 Å². The van der Waals surface area contributed by atoms with Crippen molar-refractivity contribution in [2.45, 2.75) is 39.7 Å². The molecule has 3 aromatic rings. The Morgan fingerprint density at radius 3 is 2.91 bits per heavy atom. The number of anilines is 1. The Balaban J connectivity index is 1.37. The molecule has 1 aromatic heterocycles. The SMILES string of the molecule is Cc1cccc(-c2csc(N3CC[C@@H](C(=O)O)C3)n2)c1OCc1ccc2c(c1C)CCNCC2. The highest BCUT2D eigenvalue weighted by molar-refractivity contribution is 7.14. The van der Waals surface area contributed by atoms with Crippen molar-refractivity contribution >= 4 is 22.4 Å². The average Bonchev–Trinajstić information content (AvgIpc) is 3.45. The van der Waals surface area contributed by atoms with Gasteiger partial charge in [0, 0.05) is 24.0 Å². The smallest absolute Gasteiger partial charge is 0.308 e. The van der Waals surface area contributed by atoms with E-state index in [0.29, 0.717) is 19.6 Å². The van der Waals surface area contributed by atoms with Gasteiger partial charge in [0.25, 0.3) is 0 Å².